The van der Waals surface area contributed by atoms with Gasteiger partial charge in [-0.2, -0.15) is 0 Å². The number of phenolic OH excluding ortho intramolecular Hbond substituents is 1. The van der Waals surface area contributed by atoms with Gasteiger partial charge in [0.2, 0.25) is 0 Å². The molecule has 0 aromatic heterocycles. The Morgan fingerprint density at radius 2 is 1.41 bits per heavy atom. The first-order chi connectivity index (χ1) is 8.11. The summed E-state index contributed by atoms with van der Waals surface area (Å²) in [7, 11) is 0. The Bertz CT molecular complexity index is 426. The van der Waals surface area contributed by atoms with E-state index in [1.54, 1.807) is 12.1 Å². The van der Waals surface area contributed by atoms with Gasteiger partial charge in [0.1, 0.15) is 5.75 Å². The number of rotatable bonds is 1. The van der Waals surface area contributed by atoms with Crippen LogP contribution in [-0.2, 0) is 6.42 Å². The second-order valence-electron chi connectivity index (χ2n) is 4.18. The summed E-state index contributed by atoms with van der Waals surface area (Å²) < 4.78 is 0. The van der Waals surface area contributed by atoms with Crippen molar-refractivity contribution in [2.75, 3.05) is 0 Å². The van der Waals surface area contributed by atoms with Gasteiger partial charge >= 0.3 is 0 Å². The van der Waals surface area contributed by atoms with Crippen molar-refractivity contribution in [1.82, 2.24) is 0 Å². The molecule has 1 heteroatoms. The van der Waals surface area contributed by atoms with E-state index in [1.165, 1.54) is 16.7 Å². The highest BCUT2D eigenvalue weighted by atomic mass is 16.3. The molecule has 0 atom stereocenters. The molecule has 0 aliphatic heterocycles. The molecule has 0 unspecified atom stereocenters. The predicted molar refractivity (Wildman–Crippen MR) is 73.4 cm³/mol. The summed E-state index contributed by atoms with van der Waals surface area (Å²) in [5.41, 5.74) is 3.93. The Kier molecular flexibility index (Phi) is 5.28. The molecular weight excluding hydrogens is 208 g/mol. The zero-order valence-electron chi connectivity index (χ0n) is 10.8. The van der Waals surface area contributed by atoms with Gasteiger partial charge in [0.25, 0.3) is 0 Å². The van der Waals surface area contributed by atoms with Gasteiger partial charge in [0.05, 0.1) is 0 Å². The van der Waals surface area contributed by atoms with Gasteiger partial charge in [0, 0.05) is 0 Å². The van der Waals surface area contributed by atoms with Crippen LogP contribution < -0.4 is 0 Å². The van der Waals surface area contributed by atoms with E-state index in [1.807, 2.05) is 12.1 Å². The highest BCUT2D eigenvalue weighted by molar-refractivity contribution is 5.25. The van der Waals surface area contributed by atoms with E-state index in [0.717, 1.165) is 6.42 Å². The third-order valence-electron chi connectivity index (χ3n) is 2.52. The average Bonchev–Trinajstić information content (AvgIpc) is 2.30. The van der Waals surface area contributed by atoms with Gasteiger partial charge < -0.3 is 5.11 Å². The fraction of sp³-hybridized carbons (Fsp3) is 0.250. The highest BCUT2D eigenvalue weighted by Gasteiger charge is 1.86. The molecule has 0 bridgehead atoms. The largest absolute Gasteiger partial charge is 0.508 e. The van der Waals surface area contributed by atoms with Gasteiger partial charge in [0.15, 0.2) is 0 Å². The van der Waals surface area contributed by atoms with Crippen molar-refractivity contribution in [2.45, 2.75) is 27.2 Å². The second kappa shape index (κ2) is 6.74. The first-order valence-electron chi connectivity index (χ1n) is 5.93. The number of benzene rings is 2. The van der Waals surface area contributed by atoms with Crippen LogP contribution in [0.1, 0.15) is 23.6 Å². The Hall–Kier alpha value is -1.76. The summed E-state index contributed by atoms with van der Waals surface area (Å²) in [5, 5.41) is 8.85. The number of aryl methyl sites for hydroxylation is 3. The van der Waals surface area contributed by atoms with Crippen molar-refractivity contribution in [3.05, 3.63) is 65.2 Å². The lowest BCUT2D eigenvalue weighted by molar-refractivity contribution is 0.475. The third-order valence-corrected chi connectivity index (χ3v) is 2.52. The zero-order chi connectivity index (χ0) is 12.7. The van der Waals surface area contributed by atoms with Crippen LogP contribution in [0.5, 0.6) is 5.75 Å². The van der Waals surface area contributed by atoms with E-state index < -0.39 is 0 Å². The van der Waals surface area contributed by atoms with Gasteiger partial charge in [-0.15, -0.1) is 0 Å². The first-order valence-corrected chi connectivity index (χ1v) is 5.93. The lowest BCUT2D eigenvalue weighted by Crippen LogP contribution is -1.75. The molecular formula is C16H20O. The predicted octanol–water partition coefficient (Wildman–Crippen LogP) is 4.26. The summed E-state index contributed by atoms with van der Waals surface area (Å²) in [6, 6.07) is 15.7. The zero-order valence-corrected chi connectivity index (χ0v) is 10.8. The molecule has 90 valence electrons. The second-order valence-corrected chi connectivity index (χ2v) is 4.18. The number of hydrogen-bond acceptors (Lipinski definition) is 1. The van der Waals surface area contributed by atoms with Crippen molar-refractivity contribution < 1.29 is 5.11 Å². The Balaban J connectivity index is 0.000000171. The molecule has 1 N–H and O–H groups in total. The van der Waals surface area contributed by atoms with E-state index in [-0.39, 0.29) is 0 Å². The van der Waals surface area contributed by atoms with E-state index in [0.29, 0.717) is 5.75 Å². The molecule has 0 radical (unpaired) electrons. The van der Waals surface area contributed by atoms with E-state index >= 15 is 0 Å². The van der Waals surface area contributed by atoms with Gasteiger partial charge in [-0.05, 0) is 38.0 Å². The van der Waals surface area contributed by atoms with Crippen molar-refractivity contribution in [3.8, 4) is 5.75 Å². The van der Waals surface area contributed by atoms with Crippen LogP contribution in [0.4, 0.5) is 0 Å². The summed E-state index contributed by atoms with van der Waals surface area (Å²) in [4.78, 5) is 0. The normalized spacial score (nSPS) is 9.35. The van der Waals surface area contributed by atoms with Crippen LogP contribution in [0.15, 0.2) is 48.5 Å². The average molecular weight is 228 g/mol. The SMILES string of the molecule is CCc1ccc(O)cc1.Cc1cccc(C)c1. The van der Waals surface area contributed by atoms with Gasteiger partial charge in [-0.3, -0.25) is 0 Å². The monoisotopic (exact) mass is 228 g/mol. The molecule has 0 saturated carbocycles. The molecule has 0 amide bonds. The minimum atomic E-state index is 0.340. The third kappa shape index (κ3) is 5.21. The summed E-state index contributed by atoms with van der Waals surface area (Å²) in [6.45, 7) is 6.30. The lowest BCUT2D eigenvalue weighted by atomic mass is 10.2. The summed E-state index contributed by atoms with van der Waals surface area (Å²) >= 11 is 0. The Labute approximate surface area is 104 Å². The molecule has 0 heterocycles. The lowest BCUT2D eigenvalue weighted by Gasteiger charge is -1.93. The van der Waals surface area contributed by atoms with Crippen LogP contribution in [0.25, 0.3) is 0 Å². The van der Waals surface area contributed by atoms with E-state index in [4.69, 9.17) is 5.11 Å². The molecule has 0 aliphatic rings. The molecule has 0 aliphatic carbocycles. The first kappa shape index (κ1) is 13.3. The maximum Gasteiger partial charge on any atom is 0.115 e. The summed E-state index contributed by atoms with van der Waals surface area (Å²) in [5.74, 6) is 0.340. The van der Waals surface area contributed by atoms with E-state index in [9.17, 15) is 0 Å². The minimum Gasteiger partial charge on any atom is -0.508 e. The molecule has 2 rings (SSSR count). The van der Waals surface area contributed by atoms with Crippen LogP contribution in [0.3, 0.4) is 0 Å². The highest BCUT2D eigenvalue weighted by Crippen LogP contribution is 2.09. The van der Waals surface area contributed by atoms with Crippen molar-refractivity contribution in [3.63, 3.8) is 0 Å². The van der Waals surface area contributed by atoms with Crippen molar-refractivity contribution >= 4 is 0 Å². The summed E-state index contributed by atoms with van der Waals surface area (Å²) in [6.07, 6.45) is 1.03. The van der Waals surface area contributed by atoms with Crippen molar-refractivity contribution in [1.29, 1.82) is 0 Å². The number of hydrogen-bond donors (Lipinski definition) is 1. The maximum atomic E-state index is 8.85. The van der Waals surface area contributed by atoms with Crippen molar-refractivity contribution in [2.24, 2.45) is 0 Å². The van der Waals surface area contributed by atoms with Crippen LogP contribution in [-0.4, -0.2) is 5.11 Å². The quantitative estimate of drug-likeness (QED) is 0.773. The van der Waals surface area contributed by atoms with Gasteiger partial charge in [-0.25, -0.2) is 0 Å². The van der Waals surface area contributed by atoms with Crippen LogP contribution in [0.2, 0.25) is 0 Å². The molecule has 0 spiro atoms. The molecule has 0 saturated heterocycles. The molecule has 2 aromatic rings. The fourth-order valence-electron chi connectivity index (χ4n) is 1.54. The standard InChI is InChI=1S/C8H10O.C8H10/c1-2-7-3-5-8(9)6-4-7;1-7-4-3-5-8(2)6-7/h3-6,9H,2H2,1H3;3-6H,1-2H3. The Morgan fingerprint density at radius 3 is 1.76 bits per heavy atom. The Morgan fingerprint density at radius 1 is 0.882 bits per heavy atom. The molecule has 0 fully saturated rings. The molecule has 2 aromatic carbocycles. The smallest absolute Gasteiger partial charge is 0.115 e. The van der Waals surface area contributed by atoms with Crippen LogP contribution >= 0.6 is 0 Å². The van der Waals surface area contributed by atoms with Crippen LogP contribution in [0, 0.1) is 13.8 Å². The van der Waals surface area contributed by atoms with Gasteiger partial charge in [-0.1, -0.05) is 54.4 Å². The molecule has 17 heavy (non-hydrogen) atoms. The number of phenols is 1. The maximum absolute atomic E-state index is 8.85. The fourth-order valence-corrected chi connectivity index (χ4v) is 1.54. The topological polar surface area (TPSA) is 20.2 Å². The van der Waals surface area contributed by atoms with E-state index in [2.05, 4.69) is 45.0 Å². The minimum absolute atomic E-state index is 0.340. The molecule has 1 nitrogen and oxygen atoms in total. The number of aromatic hydroxyl groups is 1.